The Kier molecular flexibility index (Phi) is 12.4. The van der Waals surface area contributed by atoms with Gasteiger partial charge in [0.15, 0.2) is 0 Å². The summed E-state index contributed by atoms with van der Waals surface area (Å²) < 4.78 is 22.1. The maximum absolute atomic E-state index is 12.9. The second-order valence-corrected chi connectivity index (χ2v) is 11.1. The van der Waals surface area contributed by atoms with Gasteiger partial charge in [-0.25, -0.2) is 10.1 Å². The number of hydrogen-bond donors (Lipinski definition) is 0. The molecule has 0 bridgehead atoms. The predicted octanol–water partition coefficient (Wildman–Crippen LogP) is 4.68. The summed E-state index contributed by atoms with van der Waals surface area (Å²) in [6.45, 7) is 1.43. The van der Waals surface area contributed by atoms with E-state index in [1.165, 1.54) is 56.8 Å². The molecule has 2 amide bonds. The van der Waals surface area contributed by atoms with Crippen LogP contribution in [-0.4, -0.2) is 116 Å². The fourth-order valence-corrected chi connectivity index (χ4v) is 5.15. The van der Waals surface area contributed by atoms with Gasteiger partial charge in [0.2, 0.25) is 0 Å². The van der Waals surface area contributed by atoms with Crippen molar-refractivity contribution in [2.75, 3.05) is 93.7 Å². The van der Waals surface area contributed by atoms with Crippen molar-refractivity contribution in [2.45, 2.75) is 0 Å². The van der Waals surface area contributed by atoms with Crippen LogP contribution in [0.3, 0.4) is 0 Å². The summed E-state index contributed by atoms with van der Waals surface area (Å²) in [5.41, 5.74) is 5.24. The number of methoxy groups -OCH3 is 4. The molecule has 0 aliphatic heterocycles. The Balaban J connectivity index is 1.44. The highest BCUT2D eigenvalue weighted by Gasteiger charge is 2.25. The molecule has 2 heterocycles. The number of carbonyl (C=O) groups is 2. The first-order valence-corrected chi connectivity index (χ1v) is 15.5. The van der Waals surface area contributed by atoms with E-state index < -0.39 is 11.8 Å². The van der Waals surface area contributed by atoms with Crippen LogP contribution < -0.4 is 28.7 Å². The number of likely N-dealkylation sites (N-methyl/N-ethyl adjacent to an activating group) is 2. The highest BCUT2D eigenvalue weighted by atomic mass is 16.7. The molecule has 0 spiro atoms. The molecule has 50 heavy (non-hydrogen) atoms. The number of aromatic nitrogens is 2. The minimum Gasteiger partial charge on any atom is -0.496 e. The standard InChI is InChI=1S/C36H44N6O8/c1-39(25-11-13-27(37-21-25)23-17-29(45-5)33(30(18-23)46-6)35(43)41(3)49-9)15-16-40(2)26-12-14-28(38-22-26)24-19-31(47-7)34(32(20-24)48-8)36(44)42(4)50-10/h11-14,17-22H,15-16H2,1-10H3. The second-order valence-electron chi connectivity index (χ2n) is 11.1. The molecule has 2 aromatic heterocycles. The van der Waals surface area contributed by atoms with Crippen molar-refractivity contribution in [3.05, 3.63) is 72.1 Å². The number of nitrogens with zero attached hydrogens (tertiary/aromatic N) is 6. The van der Waals surface area contributed by atoms with Gasteiger partial charge >= 0.3 is 0 Å². The van der Waals surface area contributed by atoms with E-state index >= 15 is 0 Å². The molecular formula is C36H44N6O8. The summed E-state index contributed by atoms with van der Waals surface area (Å²) >= 11 is 0. The largest absolute Gasteiger partial charge is 0.496 e. The Morgan fingerprint density at radius 2 is 0.860 bits per heavy atom. The van der Waals surface area contributed by atoms with Gasteiger partial charge in [-0.3, -0.25) is 29.2 Å². The van der Waals surface area contributed by atoms with Gasteiger partial charge < -0.3 is 28.7 Å². The van der Waals surface area contributed by atoms with Crippen LogP contribution in [0.5, 0.6) is 23.0 Å². The number of rotatable bonds is 15. The van der Waals surface area contributed by atoms with Gasteiger partial charge in [0, 0.05) is 52.4 Å². The normalized spacial score (nSPS) is 10.7. The number of anilines is 2. The minimum absolute atomic E-state index is 0.257. The van der Waals surface area contributed by atoms with Gasteiger partial charge in [-0.2, -0.15) is 0 Å². The number of hydrogen-bond acceptors (Lipinski definition) is 12. The number of benzene rings is 2. The second kappa shape index (κ2) is 16.7. The van der Waals surface area contributed by atoms with E-state index in [0.717, 1.165) is 32.6 Å². The maximum Gasteiger partial charge on any atom is 0.284 e. The average molecular weight is 689 g/mol. The van der Waals surface area contributed by atoms with E-state index in [9.17, 15) is 9.59 Å². The lowest BCUT2D eigenvalue weighted by atomic mass is 10.0. The third-order valence-corrected chi connectivity index (χ3v) is 8.30. The molecule has 0 aliphatic rings. The molecule has 14 heteroatoms. The van der Waals surface area contributed by atoms with Crippen LogP contribution in [0, 0.1) is 0 Å². The minimum atomic E-state index is -0.397. The summed E-state index contributed by atoms with van der Waals surface area (Å²) in [5, 5.41) is 2.21. The quantitative estimate of drug-likeness (QED) is 0.161. The molecule has 0 atom stereocenters. The maximum atomic E-state index is 12.9. The number of ether oxygens (including phenoxy) is 4. The number of pyridine rings is 2. The lowest BCUT2D eigenvalue weighted by Gasteiger charge is -2.25. The van der Waals surface area contributed by atoms with E-state index in [2.05, 4.69) is 19.8 Å². The molecular weight excluding hydrogens is 644 g/mol. The van der Waals surface area contributed by atoms with Gasteiger partial charge in [0.25, 0.3) is 11.8 Å². The van der Waals surface area contributed by atoms with Crippen molar-refractivity contribution in [3.63, 3.8) is 0 Å². The Morgan fingerprint density at radius 3 is 1.10 bits per heavy atom. The average Bonchev–Trinajstić information content (AvgIpc) is 3.17. The molecule has 0 saturated heterocycles. The first kappa shape index (κ1) is 37.2. The van der Waals surface area contributed by atoms with Crippen LogP contribution in [0.2, 0.25) is 0 Å². The van der Waals surface area contributed by atoms with Crippen molar-refractivity contribution in [1.29, 1.82) is 0 Å². The highest BCUT2D eigenvalue weighted by Crippen LogP contribution is 2.37. The fourth-order valence-electron chi connectivity index (χ4n) is 5.15. The van der Waals surface area contributed by atoms with Crippen molar-refractivity contribution >= 4 is 23.2 Å². The third kappa shape index (κ3) is 7.98. The molecule has 0 aliphatic carbocycles. The zero-order chi connectivity index (χ0) is 36.5. The van der Waals surface area contributed by atoms with E-state index in [1.54, 1.807) is 36.7 Å². The predicted molar refractivity (Wildman–Crippen MR) is 190 cm³/mol. The number of hydroxylamine groups is 4. The summed E-state index contributed by atoms with van der Waals surface area (Å²) in [7, 11) is 15.8. The van der Waals surface area contributed by atoms with Crippen molar-refractivity contribution < 1.29 is 38.2 Å². The van der Waals surface area contributed by atoms with Crippen molar-refractivity contribution in [3.8, 4) is 45.5 Å². The van der Waals surface area contributed by atoms with Crippen LogP contribution in [0.1, 0.15) is 20.7 Å². The SMILES string of the molecule is COc1cc(-c2ccc(N(C)CCN(C)c3ccc(-c4cc(OC)c(C(=O)N(C)OC)c(OC)c4)nc3)cn2)cc(OC)c1C(=O)N(C)OC. The monoisotopic (exact) mass is 688 g/mol. The van der Waals surface area contributed by atoms with Crippen molar-refractivity contribution in [1.82, 2.24) is 20.1 Å². The summed E-state index contributed by atoms with van der Waals surface area (Å²) in [6, 6.07) is 14.8. The zero-order valence-electron chi connectivity index (χ0n) is 30.1. The first-order valence-electron chi connectivity index (χ1n) is 15.5. The summed E-state index contributed by atoms with van der Waals surface area (Å²) in [6.07, 6.45) is 3.61. The Morgan fingerprint density at radius 1 is 0.540 bits per heavy atom. The van der Waals surface area contributed by atoms with Gasteiger partial charge in [-0.05, 0) is 48.5 Å². The van der Waals surface area contributed by atoms with Gasteiger partial charge in [0.05, 0.1) is 77.8 Å². The van der Waals surface area contributed by atoms with Crippen molar-refractivity contribution in [2.24, 2.45) is 0 Å². The van der Waals surface area contributed by atoms with E-state index in [4.69, 9.17) is 28.6 Å². The number of amides is 2. The lowest BCUT2D eigenvalue weighted by Crippen LogP contribution is -2.30. The Labute approximate surface area is 292 Å². The fraction of sp³-hybridized carbons (Fsp3) is 0.333. The van der Waals surface area contributed by atoms with Crippen LogP contribution in [0.15, 0.2) is 60.9 Å². The van der Waals surface area contributed by atoms with Gasteiger partial charge in [-0.15, -0.1) is 0 Å². The Bertz CT molecular complexity index is 1600. The molecule has 2 aromatic carbocycles. The topological polar surface area (TPSA) is 128 Å². The third-order valence-electron chi connectivity index (χ3n) is 8.30. The zero-order valence-corrected chi connectivity index (χ0v) is 30.1. The molecule has 0 radical (unpaired) electrons. The molecule has 0 fully saturated rings. The van der Waals surface area contributed by atoms with Crippen LogP contribution in [0.4, 0.5) is 11.4 Å². The number of carbonyl (C=O) groups excluding carboxylic acids is 2. The summed E-state index contributed by atoms with van der Waals surface area (Å²) in [4.78, 5) is 49.4. The van der Waals surface area contributed by atoms with E-state index in [-0.39, 0.29) is 11.1 Å². The van der Waals surface area contributed by atoms with E-state index in [0.29, 0.717) is 47.5 Å². The highest BCUT2D eigenvalue weighted by molar-refractivity contribution is 6.00. The molecule has 4 rings (SSSR count). The molecule has 0 unspecified atom stereocenters. The smallest absolute Gasteiger partial charge is 0.284 e. The van der Waals surface area contributed by atoms with Gasteiger partial charge in [0.1, 0.15) is 34.1 Å². The summed E-state index contributed by atoms with van der Waals surface area (Å²) in [5.74, 6) is 0.601. The van der Waals surface area contributed by atoms with Crippen LogP contribution >= 0.6 is 0 Å². The van der Waals surface area contributed by atoms with E-state index in [1.807, 2.05) is 38.4 Å². The molecule has 14 nitrogen and oxygen atoms in total. The van der Waals surface area contributed by atoms with Crippen LogP contribution in [-0.2, 0) is 9.68 Å². The first-order chi connectivity index (χ1) is 24.0. The molecule has 4 aromatic rings. The molecule has 0 N–H and O–H groups in total. The molecule has 266 valence electrons. The van der Waals surface area contributed by atoms with Gasteiger partial charge in [-0.1, -0.05) is 0 Å². The Hall–Kier alpha value is -5.60. The van der Waals surface area contributed by atoms with Crippen LogP contribution in [0.25, 0.3) is 22.5 Å². The molecule has 0 saturated carbocycles. The lowest BCUT2D eigenvalue weighted by molar-refractivity contribution is -0.0760.